The van der Waals surface area contributed by atoms with Crippen LogP contribution in [0.3, 0.4) is 0 Å². The number of rotatable bonds is 5. The van der Waals surface area contributed by atoms with Crippen molar-refractivity contribution in [2.75, 3.05) is 23.5 Å². The van der Waals surface area contributed by atoms with Gasteiger partial charge in [0.25, 0.3) is 0 Å². The molecule has 1 aromatic heterocycles. The SMILES string of the molecule is CSC1(CNc2nc(NN)ncc2Cl)CCC1. The van der Waals surface area contributed by atoms with Crippen molar-refractivity contribution in [1.29, 1.82) is 0 Å². The number of thioether (sulfide) groups is 1. The molecule has 1 fully saturated rings. The fourth-order valence-electron chi connectivity index (χ4n) is 1.83. The highest BCUT2D eigenvalue weighted by atomic mass is 35.5. The zero-order valence-electron chi connectivity index (χ0n) is 9.66. The van der Waals surface area contributed by atoms with E-state index >= 15 is 0 Å². The number of hydrogen-bond donors (Lipinski definition) is 3. The minimum atomic E-state index is 0.338. The van der Waals surface area contributed by atoms with Crippen molar-refractivity contribution in [2.24, 2.45) is 5.84 Å². The second-order valence-electron chi connectivity index (χ2n) is 4.13. The normalized spacial score (nSPS) is 17.4. The summed E-state index contributed by atoms with van der Waals surface area (Å²) >= 11 is 7.93. The van der Waals surface area contributed by atoms with E-state index in [1.165, 1.54) is 19.3 Å². The molecule has 0 amide bonds. The summed E-state index contributed by atoms with van der Waals surface area (Å²) in [5, 5.41) is 3.80. The first-order valence-electron chi connectivity index (χ1n) is 5.47. The van der Waals surface area contributed by atoms with E-state index in [0.717, 1.165) is 6.54 Å². The van der Waals surface area contributed by atoms with Crippen LogP contribution in [0.2, 0.25) is 5.02 Å². The molecule has 7 heteroatoms. The molecule has 1 aliphatic carbocycles. The molecule has 0 unspecified atom stereocenters. The Morgan fingerprint density at radius 2 is 2.35 bits per heavy atom. The molecule has 5 nitrogen and oxygen atoms in total. The van der Waals surface area contributed by atoms with E-state index in [2.05, 4.69) is 27.0 Å². The maximum atomic E-state index is 6.02. The van der Waals surface area contributed by atoms with E-state index in [9.17, 15) is 0 Å². The fraction of sp³-hybridized carbons (Fsp3) is 0.600. The van der Waals surface area contributed by atoms with E-state index in [0.29, 0.717) is 21.5 Å². The maximum absolute atomic E-state index is 6.02. The highest BCUT2D eigenvalue weighted by Gasteiger charge is 2.36. The van der Waals surface area contributed by atoms with Gasteiger partial charge in [-0.3, -0.25) is 5.43 Å². The summed E-state index contributed by atoms with van der Waals surface area (Å²) in [6, 6.07) is 0. The van der Waals surface area contributed by atoms with E-state index in [1.54, 1.807) is 6.20 Å². The number of anilines is 2. The molecule has 1 saturated carbocycles. The summed E-state index contributed by atoms with van der Waals surface area (Å²) < 4.78 is 0.338. The van der Waals surface area contributed by atoms with Gasteiger partial charge in [0, 0.05) is 11.3 Å². The lowest BCUT2D eigenvalue weighted by Gasteiger charge is -2.40. The Hall–Kier alpha value is -0.720. The minimum absolute atomic E-state index is 0.338. The van der Waals surface area contributed by atoms with Crippen LogP contribution in [0.15, 0.2) is 6.20 Å². The molecule has 0 spiro atoms. The van der Waals surface area contributed by atoms with Gasteiger partial charge in [0.2, 0.25) is 5.95 Å². The van der Waals surface area contributed by atoms with Gasteiger partial charge >= 0.3 is 0 Å². The third kappa shape index (κ3) is 2.75. The molecule has 0 aromatic carbocycles. The monoisotopic (exact) mass is 273 g/mol. The van der Waals surface area contributed by atoms with Crippen LogP contribution >= 0.6 is 23.4 Å². The predicted molar refractivity (Wildman–Crippen MR) is 73.4 cm³/mol. The highest BCUT2D eigenvalue weighted by Crippen LogP contribution is 2.42. The van der Waals surface area contributed by atoms with Gasteiger partial charge in [-0.15, -0.1) is 0 Å². The van der Waals surface area contributed by atoms with Gasteiger partial charge in [0.05, 0.1) is 6.20 Å². The van der Waals surface area contributed by atoms with Crippen LogP contribution in [0, 0.1) is 0 Å². The molecule has 1 heterocycles. The smallest absolute Gasteiger partial charge is 0.239 e. The van der Waals surface area contributed by atoms with Crippen LogP contribution < -0.4 is 16.6 Å². The summed E-state index contributed by atoms with van der Waals surface area (Å²) in [5.74, 6) is 6.26. The highest BCUT2D eigenvalue weighted by molar-refractivity contribution is 8.00. The Labute approximate surface area is 110 Å². The Morgan fingerprint density at radius 3 is 2.88 bits per heavy atom. The van der Waals surface area contributed by atoms with Gasteiger partial charge in [-0.2, -0.15) is 16.7 Å². The molecule has 0 saturated heterocycles. The first-order chi connectivity index (χ1) is 8.19. The second kappa shape index (κ2) is 5.29. The third-order valence-corrected chi connectivity index (χ3v) is 4.84. The topological polar surface area (TPSA) is 75.9 Å². The van der Waals surface area contributed by atoms with Crippen molar-refractivity contribution in [1.82, 2.24) is 9.97 Å². The Balaban J connectivity index is 2.02. The summed E-state index contributed by atoms with van der Waals surface area (Å²) in [5.41, 5.74) is 2.41. The number of hydrazine groups is 1. The fourth-order valence-corrected chi connectivity index (χ4v) is 2.90. The van der Waals surface area contributed by atoms with Gasteiger partial charge in [-0.25, -0.2) is 10.8 Å². The van der Waals surface area contributed by atoms with Gasteiger partial charge in [-0.05, 0) is 19.1 Å². The molecule has 0 radical (unpaired) electrons. The van der Waals surface area contributed by atoms with E-state index in [1.807, 2.05) is 11.8 Å². The average Bonchev–Trinajstić information content (AvgIpc) is 2.30. The van der Waals surface area contributed by atoms with E-state index in [4.69, 9.17) is 17.4 Å². The van der Waals surface area contributed by atoms with Crippen LogP contribution in [-0.2, 0) is 0 Å². The summed E-state index contributed by atoms with van der Waals surface area (Å²) in [4.78, 5) is 8.12. The summed E-state index contributed by atoms with van der Waals surface area (Å²) in [6.07, 6.45) is 7.47. The standard InChI is InChI=1S/C10H16ClN5S/c1-17-10(3-2-4-10)6-14-8-7(11)5-13-9(15-8)16-12/h5H,2-4,6,12H2,1H3,(H2,13,14,15,16). The summed E-state index contributed by atoms with van der Waals surface area (Å²) in [6.45, 7) is 0.870. The van der Waals surface area contributed by atoms with Gasteiger partial charge in [0.15, 0.2) is 5.82 Å². The van der Waals surface area contributed by atoms with Gasteiger partial charge in [0.1, 0.15) is 5.02 Å². The molecule has 4 N–H and O–H groups in total. The quantitative estimate of drug-likeness (QED) is 0.564. The van der Waals surface area contributed by atoms with Gasteiger partial charge < -0.3 is 5.32 Å². The van der Waals surface area contributed by atoms with Gasteiger partial charge in [-0.1, -0.05) is 18.0 Å². The number of hydrogen-bond acceptors (Lipinski definition) is 6. The molecular weight excluding hydrogens is 258 g/mol. The molecule has 0 aliphatic heterocycles. The van der Waals surface area contributed by atoms with Crippen molar-refractivity contribution in [3.05, 3.63) is 11.2 Å². The van der Waals surface area contributed by atoms with Crippen LogP contribution in [0.1, 0.15) is 19.3 Å². The van der Waals surface area contributed by atoms with Crippen molar-refractivity contribution >= 4 is 35.1 Å². The van der Waals surface area contributed by atoms with Crippen LogP contribution in [0.25, 0.3) is 0 Å². The molecule has 0 atom stereocenters. The van der Waals surface area contributed by atoms with Crippen molar-refractivity contribution < 1.29 is 0 Å². The first kappa shape index (κ1) is 12.7. The zero-order valence-corrected chi connectivity index (χ0v) is 11.2. The molecule has 0 bridgehead atoms. The average molecular weight is 274 g/mol. The Kier molecular flexibility index (Phi) is 3.96. The number of aromatic nitrogens is 2. The first-order valence-corrected chi connectivity index (χ1v) is 7.07. The van der Waals surface area contributed by atoms with Crippen LogP contribution in [0.5, 0.6) is 0 Å². The van der Waals surface area contributed by atoms with Crippen LogP contribution in [0.4, 0.5) is 11.8 Å². The van der Waals surface area contributed by atoms with Crippen LogP contribution in [-0.4, -0.2) is 27.5 Å². The molecule has 1 aromatic rings. The Morgan fingerprint density at radius 1 is 1.59 bits per heavy atom. The molecule has 1 aliphatic rings. The second-order valence-corrected chi connectivity index (χ2v) is 5.81. The lowest BCUT2D eigenvalue weighted by atomic mass is 9.84. The van der Waals surface area contributed by atoms with E-state index < -0.39 is 0 Å². The molecular formula is C10H16ClN5S. The number of nitrogen functional groups attached to an aromatic ring is 1. The molecule has 17 heavy (non-hydrogen) atoms. The van der Waals surface area contributed by atoms with E-state index in [-0.39, 0.29) is 0 Å². The van der Waals surface area contributed by atoms with Crippen molar-refractivity contribution in [2.45, 2.75) is 24.0 Å². The number of nitrogens with zero attached hydrogens (tertiary/aromatic N) is 2. The van der Waals surface area contributed by atoms with Crippen molar-refractivity contribution in [3.63, 3.8) is 0 Å². The number of halogens is 1. The number of nitrogens with one attached hydrogen (secondary N) is 2. The largest absolute Gasteiger partial charge is 0.367 e. The predicted octanol–water partition coefficient (Wildman–Crippen LogP) is 2.11. The minimum Gasteiger partial charge on any atom is -0.367 e. The third-order valence-electron chi connectivity index (χ3n) is 3.15. The molecule has 2 rings (SSSR count). The number of nitrogens with two attached hydrogens (primary N) is 1. The Bertz CT molecular complexity index is 391. The van der Waals surface area contributed by atoms with Crippen molar-refractivity contribution in [3.8, 4) is 0 Å². The maximum Gasteiger partial charge on any atom is 0.239 e. The lowest BCUT2D eigenvalue weighted by molar-refractivity contribution is 0.379. The zero-order chi connectivity index (χ0) is 12.3. The molecule has 94 valence electrons. The lowest BCUT2D eigenvalue weighted by Crippen LogP contribution is -2.40. The summed E-state index contributed by atoms with van der Waals surface area (Å²) in [7, 11) is 0.